The van der Waals surface area contributed by atoms with Crippen LogP contribution in [0.2, 0.25) is 0 Å². The molecule has 3 aromatic rings. The van der Waals surface area contributed by atoms with Gasteiger partial charge in [-0.25, -0.2) is 9.48 Å². The highest BCUT2D eigenvalue weighted by atomic mass is 16.5. The SMILES string of the molecule is COC(=O)c1cccc(NC(=O)Cn2ncc3ccccc3c2=O)c1. The van der Waals surface area contributed by atoms with Crippen LogP contribution in [0.5, 0.6) is 0 Å². The van der Waals surface area contributed by atoms with Crippen LogP contribution in [0.4, 0.5) is 5.69 Å². The Bertz CT molecular complexity index is 1010. The number of hydrogen-bond acceptors (Lipinski definition) is 5. The first-order valence-electron chi connectivity index (χ1n) is 7.51. The van der Waals surface area contributed by atoms with Gasteiger partial charge < -0.3 is 10.1 Å². The smallest absolute Gasteiger partial charge is 0.337 e. The summed E-state index contributed by atoms with van der Waals surface area (Å²) in [5.74, 6) is -0.921. The number of hydrogen-bond donors (Lipinski definition) is 1. The number of rotatable bonds is 4. The van der Waals surface area contributed by atoms with Crippen LogP contribution in [0.25, 0.3) is 10.8 Å². The van der Waals surface area contributed by atoms with E-state index in [-0.39, 0.29) is 12.1 Å². The van der Waals surface area contributed by atoms with E-state index in [4.69, 9.17) is 0 Å². The van der Waals surface area contributed by atoms with E-state index in [0.29, 0.717) is 16.6 Å². The minimum atomic E-state index is -0.497. The first-order chi connectivity index (χ1) is 12.1. The number of benzene rings is 2. The number of carbonyl (C=O) groups is 2. The van der Waals surface area contributed by atoms with Gasteiger partial charge in [-0.05, 0) is 24.3 Å². The molecule has 0 bridgehead atoms. The minimum absolute atomic E-state index is 0.230. The van der Waals surface area contributed by atoms with Crippen molar-refractivity contribution in [3.8, 4) is 0 Å². The summed E-state index contributed by atoms with van der Waals surface area (Å²) in [4.78, 5) is 36.1. The second kappa shape index (κ2) is 6.96. The third-order valence-corrected chi connectivity index (χ3v) is 3.62. The molecule has 1 heterocycles. The van der Waals surface area contributed by atoms with E-state index in [1.54, 1.807) is 42.6 Å². The second-order valence-corrected chi connectivity index (χ2v) is 5.32. The third-order valence-electron chi connectivity index (χ3n) is 3.62. The Balaban J connectivity index is 1.78. The van der Waals surface area contributed by atoms with Crippen LogP contribution in [-0.4, -0.2) is 28.8 Å². The maximum absolute atomic E-state index is 12.4. The average Bonchev–Trinajstić information content (AvgIpc) is 2.64. The Morgan fingerprint density at radius 3 is 2.76 bits per heavy atom. The first-order valence-corrected chi connectivity index (χ1v) is 7.51. The van der Waals surface area contributed by atoms with E-state index < -0.39 is 11.9 Å². The van der Waals surface area contributed by atoms with Gasteiger partial charge in [-0.1, -0.05) is 24.3 Å². The summed E-state index contributed by atoms with van der Waals surface area (Å²) in [5.41, 5.74) is 0.416. The number of amides is 1. The second-order valence-electron chi connectivity index (χ2n) is 5.32. The van der Waals surface area contributed by atoms with Crippen molar-refractivity contribution in [2.24, 2.45) is 0 Å². The monoisotopic (exact) mass is 337 g/mol. The number of anilines is 1. The zero-order chi connectivity index (χ0) is 17.8. The Morgan fingerprint density at radius 2 is 1.96 bits per heavy atom. The van der Waals surface area contributed by atoms with Gasteiger partial charge in [0, 0.05) is 11.1 Å². The van der Waals surface area contributed by atoms with Crippen LogP contribution in [0.1, 0.15) is 10.4 Å². The molecule has 1 N–H and O–H groups in total. The average molecular weight is 337 g/mol. The first kappa shape index (κ1) is 16.4. The molecule has 7 heteroatoms. The van der Waals surface area contributed by atoms with Gasteiger partial charge in [0.25, 0.3) is 5.56 Å². The number of fused-ring (bicyclic) bond motifs is 1. The molecule has 0 spiro atoms. The summed E-state index contributed by atoms with van der Waals surface area (Å²) >= 11 is 0. The van der Waals surface area contributed by atoms with Crippen LogP contribution < -0.4 is 10.9 Å². The largest absolute Gasteiger partial charge is 0.465 e. The van der Waals surface area contributed by atoms with E-state index >= 15 is 0 Å². The molecule has 0 aliphatic carbocycles. The number of esters is 1. The molecule has 0 aliphatic rings. The van der Waals surface area contributed by atoms with Crippen molar-refractivity contribution in [2.75, 3.05) is 12.4 Å². The molecule has 1 amide bonds. The van der Waals surface area contributed by atoms with Gasteiger partial charge in [-0.2, -0.15) is 5.10 Å². The van der Waals surface area contributed by atoms with Crippen LogP contribution in [0.3, 0.4) is 0 Å². The fraction of sp³-hybridized carbons (Fsp3) is 0.111. The fourth-order valence-electron chi connectivity index (χ4n) is 2.42. The molecule has 25 heavy (non-hydrogen) atoms. The van der Waals surface area contributed by atoms with Crippen LogP contribution in [-0.2, 0) is 16.1 Å². The molecule has 3 rings (SSSR count). The van der Waals surface area contributed by atoms with Crippen molar-refractivity contribution < 1.29 is 14.3 Å². The van der Waals surface area contributed by atoms with Crippen LogP contribution in [0.15, 0.2) is 59.5 Å². The maximum atomic E-state index is 12.4. The number of nitrogens with one attached hydrogen (secondary N) is 1. The van der Waals surface area contributed by atoms with Crippen molar-refractivity contribution in [3.63, 3.8) is 0 Å². The Morgan fingerprint density at radius 1 is 1.16 bits per heavy atom. The number of methoxy groups -OCH3 is 1. The highest BCUT2D eigenvalue weighted by Gasteiger charge is 2.10. The Hall–Kier alpha value is -3.48. The lowest BCUT2D eigenvalue weighted by atomic mass is 10.2. The molecule has 126 valence electrons. The topological polar surface area (TPSA) is 90.3 Å². The summed E-state index contributed by atoms with van der Waals surface area (Å²) in [6, 6.07) is 13.4. The van der Waals surface area contributed by atoms with Gasteiger partial charge in [0.1, 0.15) is 6.54 Å². The van der Waals surface area contributed by atoms with Gasteiger partial charge >= 0.3 is 5.97 Å². The molecule has 0 aliphatic heterocycles. The summed E-state index contributed by atoms with van der Waals surface area (Å²) in [5, 5.41) is 7.87. The molecule has 7 nitrogen and oxygen atoms in total. The quantitative estimate of drug-likeness (QED) is 0.734. The zero-order valence-electron chi connectivity index (χ0n) is 13.4. The standard InChI is InChI=1S/C18H15N3O4/c1-25-18(24)12-6-4-7-14(9-12)20-16(22)11-21-17(23)15-8-3-2-5-13(15)10-19-21/h2-10H,11H2,1H3,(H,20,22). The predicted molar refractivity (Wildman–Crippen MR) is 92.4 cm³/mol. The molecular weight excluding hydrogens is 322 g/mol. The minimum Gasteiger partial charge on any atom is -0.465 e. The summed E-state index contributed by atoms with van der Waals surface area (Å²) in [6.07, 6.45) is 1.54. The van der Waals surface area contributed by atoms with Gasteiger partial charge in [-0.3, -0.25) is 9.59 Å². The fourth-order valence-corrected chi connectivity index (χ4v) is 2.42. The van der Waals surface area contributed by atoms with Crippen molar-refractivity contribution >= 4 is 28.3 Å². The molecule has 0 radical (unpaired) electrons. The van der Waals surface area contributed by atoms with Gasteiger partial charge in [0.05, 0.1) is 24.3 Å². The van der Waals surface area contributed by atoms with Crippen LogP contribution >= 0.6 is 0 Å². The summed E-state index contributed by atoms with van der Waals surface area (Å²) in [6.45, 7) is -0.230. The normalized spacial score (nSPS) is 10.4. The molecule has 0 saturated carbocycles. The van der Waals surface area contributed by atoms with E-state index in [2.05, 4.69) is 15.2 Å². The van der Waals surface area contributed by atoms with Crippen molar-refractivity contribution in [3.05, 3.63) is 70.6 Å². The van der Waals surface area contributed by atoms with Gasteiger partial charge in [0.2, 0.25) is 5.91 Å². The number of ether oxygens (including phenoxy) is 1. The van der Waals surface area contributed by atoms with E-state index in [0.717, 1.165) is 10.1 Å². The third kappa shape index (κ3) is 3.55. The summed E-state index contributed by atoms with van der Waals surface area (Å²) in [7, 11) is 1.28. The molecule has 0 fully saturated rings. The zero-order valence-corrected chi connectivity index (χ0v) is 13.4. The number of carbonyl (C=O) groups excluding carboxylic acids is 2. The number of nitrogens with zero attached hydrogens (tertiary/aromatic N) is 2. The lowest BCUT2D eigenvalue weighted by Gasteiger charge is -2.08. The summed E-state index contributed by atoms with van der Waals surface area (Å²) < 4.78 is 5.74. The Kier molecular flexibility index (Phi) is 4.56. The lowest BCUT2D eigenvalue weighted by molar-refractivity contribution is -0.117. The lowest BCUT2D eigenvalue weighted by Crippen LogP contribution is -2.29. The number of aromatic nitrogens is 2. The highest BCUT2D eigenvalue weighted by molar-refractivity contribution is 5.94. The molecule has 0 saturated heterocycles. The van der Waals surface area contributed by atoms with Crippen molar-refractivity contribution in [1.82, 2.24) is 9.78 Å². The van der Waals surface area contributed by atoms with Crippen molar-refractivity contribution in [1.29, 1.82) is 0 Å². The maximum Gasteiger partial charge on any atom is 0.337 e. The predicted octanol–water partition coefficient (Wildman–Crippen LogP) is 1.82. The molecule has 1 aromatic heterocycles. The highest BCUT2D eigenvalue weighted by Crippen LogP contribution is 2.12. The van der Waals surface area contributed by atoms with Crippen LogP contribution in [0, 0.1) is 0 Å². The van der Waals surface area contributed by atoms with Crippen molar-refractivity contribution in [2.45, 2.75) is 6.54 Å². The molecular formula is C18H15N3O4. The van der Waals surface area contributed by atoms with E-state index in [1.807, 2.05) is 6.07 Å². The molecule has 0 atom stereocenters. The van der Waals surface area contributed by atoms with E-state index in [9.17, 15) is 14.4 Å². The molecule has 2 aromatic carbocycles. The van der Waals surface area contributed by atoms with E-state index in [1.165, 1.54) is 13.2 Å². The van der Waals surface area contributed by atoms with Gasteiger partial charge in [0.15, 0.2) is 0 Å². The van der Waals surface area contributed by atoms with Gasteiger partial charge in [-0.15, -0.1) is 0 Å². The molecule has 0 unspecified atom stereocenters. The Labute approximate surface area is 142 Å².